The van der Waals surface area contributed by atoms with Crippen LogP contribution in [0.3, 0.4) is 0 Å². The van der Waals surface area contributed by atoms with Crippen molar-refractivity contribution in [2.45, 2.75) is 0 Å². The first-order valence-electron chi connectivity index (χ1n) is 1.31. The molecule has 0 radical (unpaired) electrons. The summed E-state index contributed by atoms with van der Waals surface area (Å²) in [5.41, 5.74) is -0.454. The van der Waals surface area contributed by atoms with Crippen LogP contribution in [0.4, 0.5) is 0 Å². The van der Waals surface area contributed by atoms with Crippen LogP contribution in [0, 0.1) is 4.64 Å². The van der Waals surface area contributed by atoms with Gasteiger partial charge in [0.1, 0.15) is 0 Å². The van der Waals surface area contributed by atoms with Crippen molar-refractivity contribution >= 4 is 12.2 Å². The Labute approximate surface area is 38.1 Å². The molecule has 0 amide bonds. The zero-order chi connectivity index (χ0) is 4.73. The van der Waals surface area contributed by atoms with Crippen molar-refractivity contribution in [3.05, 3.63) is 15.0 Å². The fourth-order valence-corrected chi connectivity index (χ4v) is 0.251. The Morgan fingerprint density at radius 3 is 2.00 bits per heavy atom. The predicted octanol–water partition coefficient (Wildman–Crippen LogP) is -0.309. The van der Waals surface area contributed by atoms with Gasteiger partial charge < -0.3 is 5.21 Å². The molecule has 0 bridgehead atoms. The summed E-state index contributed by atoms with van der Waals surface area (Å²) in [6, 6.07) is 0. The van der Waals surface area contributed by atoms with Crippen LogP contribution in [-0.2, 0) is 0 Å². The van der Waals surface area contributed by atoms with Crippen molar-refractivity contribution in [2.24, 2.45) is 0 Å². The average molecular weight is 103 g/mol. The van der Waals surface area contributed by atoms with Gasteiger partial charge in [-0.1, -0.05) is 12.2 Å². The third kappa shape index (κ3) is 0.214. The summed E-state index contributed by atoms with van der Waals surface area (Å²) >= 11 is 4.22. The van der Waals surface area contributed by atoms with Crippen LogP contribution < -0.4 is 5.56 Å². The molecular weight excluding hydrogens is 102 g/mol. The molecule has 0 fully saturated rings. The lowest BCUT2D eigenvalue weighted by Gasteiger charge is -1.57. The van der Waals surface area contributed by atoms with Crippen LogP contribution in [0.15, 0.2) is 4.79 Å². The number of nitrogens with zero attached hydrogens (tertiary/aromatic N) is 1. The molecule has 0 spiro atoms. The van der Waals surface area contributed by atoms with Gasteiger partial charge in [0.15, 0.2) is 0 Å². The second-order valence-corrected chi connectivity index (χ2v) is 1.31. The summed E-state index contributed by atoms with van der Waals surface area (Å²) in [5, 5.41) is 8.05. The highest BCUT2D eigenvalue weighted by molar-refractivity contribution is 7.71. The minimum absolute atomic E-state index is 0.00926. The Morgan fingerprint density at radius 1 is 1.83 bits per heavy atom. The van der Waals surface area contributed by atoms with Crippen molar-refractivity contribution in [1.29, 1.82) is 0 Å². The van der Waals surface area contributed by atoms with E-state index < -0.39 is 5.56 Å². The Morgan fingerprint density at radius 2 is 2.00 bits per heavy atom. The molecule has 0 aromatic carbocycles. The summed E-state index contributed by atoms with van der Waals surface area (Å²) in [7, 11) is 0. The lowest BCUT2D eigenvalue weighted by atomic mass is 11.1. The second-order valence-electron chi connectivity index (χ2n) is 0.922. The van der Waals surface area contributed by atoms with E-state index in [1.807, 2.05) is 0 Å². The highest BCUT2D eigenvalue weighted by atomic mass is 32.1. The maximum Gasteiger partial charge on any atom is 0.323 e. The van der Waals surface area contributed by atoms with Crippen molar-refractivity contribution in [3.63, 3.8) is 0 Å². The van der Waals surface area contributed by atoms with Crippen molar-refractivity contribution in [2.75, 3.05) is 0 Å². The van der Waals surface area contributed by atoms with Gasteiger partial charge in [-0.3, -0.25) is 4.79 Å². The topological polar surface area (TPSA) is 42.2 Å². The summed E-state index contributed by atoms with van der Waals surface area (Å²) in [4.78, 5) is 9.75. The fourth-order valence-electron chi connectivity index (χ4n) is 0.127. The monoisotopic (exact) mass is 103 g/mol. The van der Waals surface area contributed by atoms with E-state index in [9.17, 15) is 4.79 Å². The third-order valence-electron chi connectivity index (χ3n) is 0.518. The van der Waals surface area contributed by atoms with Crippen LogP contribution in [0.25, 0.3) is 0 Å². The summed E-state index contributed by atoms with van der Waals surface area (Å²) in [6.07, 6.45) is 0. The lowest BCUT2D eigenvalue weighted by molar-refractivity contribution is 0.210. The Hall–Kier alpha value is -0.640. The number of aromatic nitrogens is 1. The molecule has 32 valence electrons. The first kappa shape index (κ1) is 3.55. The second kappa shape index (κ2) is 0.704. The average Bonchev–Trinajstić information content (AvgIpc) is 1.94. The summed E-state index contributed by atoms with van der Waals surface area (Å²) < 4.78 is 0.435. The van der Waals surface area contributed by atoms with Gasteiger partial charge in [0.25, 0.3) is 0 Å². The minimum atomic E-state index is -0.454. The van der Waals surface area contributed by atoms with E-state index in [1.165, 1.54) is 0 Å². The first-order valence-corrected chi connectivity index (χ1v) is 1.71. The summed E-state index contributed by atoms with van der Waals surface area (Å²) in [6.45, 7) is 0. The van der Waals surface area contributed by atoms with E-state index in [0.717, 1.165) is 0 Å². The van der Waals surface area contributed by atoms with Gasteiger partial charge in [-0.15, -0.1) is 4.73 Å². The zero-order valence-corrected chi connectivity index (χ0v) is 3.53. The summed E-state index contributed by atoms with van der Waals surface area (Å²) in [5.74, 6) is 0. The molecule has 0 atom stereocenters. The normalized spacial score (nSPS) is 10.0. The SMILES string of the molecule is O=c1c(=S)n1O. The Kier molecular flexibility index (Phi) is 0.416. The standard InChI is InChI=1S/C2HNO2S/c4-1-2(6)3(1)5/h5H. The first-order chi connectivity index (χ1) is 2.73. The smallest absolute Gasteiger partial charge is 0.323 e. The van der Waals surface area contributed by atoms with E-state index in [1.54, 1.807) is 0 Å². The van der Waals surface area contributed by atoms with Crippen molar-refractivity contribution in [1.82, 2.24) is 4.73 Å². The highest BCUT2D eigenvalue weighted by Crippen LogP contribution is 1.77. The van der Waals surface area contributed by atoms with Gasteiger partial charge in [-0.05, 0) is 0 Å². The van der Waals surface area contributed by atoms with E-state index in [4.69, 9.17) is 5.21 Å². The predicted molar refractivity (Wildman–Crippen MR) is 21.1 cm³/mol. The van der Waals surface area contributed by atoms with Crippen LogP contribution in [0.2, 0.25) is 0 Å². The quantitative estimate of drug-likeness (QED) is 0.362. The van der Waals surface area contributed by atoms with E-state index in [2.05, 4.69) is 12.2 Å². The van der Waals surface area contributed by atoms with Gasteiger partial charge in [0, 0.05) is 0 Å². The Balaban J connectivity index is 3.48. The molecule has 0 aliphatic heterocycles. The minimum Gasteiger partial charge on any atom is -0.424 e. The van der Waals surface area contributed by atoms with Crippen molar-refractivity contribution in [3.8, 4) is 0 Å². The fraction of sp³-hybridized carbons (Fsp3) is 0. The van der Waals surface area contributed by atoms with Gasteiger partial charge in [0.2, 0.25) is 4.64 Å². The van der Waals surface area contributed by atoms with E-state index in [0.29, 0.717) is 4.73 Å². The number of rotatable bonds is 0. The molecule has 4 heteroatoms. The van der Waals surface area contributed by atoms with Gasteiger partial charge in [0.05, 0.1) is 0 Å². The van der Waals surface area contributed by atoms with Crippen LogP contribution >= 0.6 is 12.2 Å². The molecule has 1 heterocycles. The van der Waals surface area contributed by atoms with Crippen LogP contribution in [0.5, 0.6) is 0 Å². The molecule has 0 saturated carbocycles. The number of hydrogen-bond acceptors (Lipinski definition) is 3. The molecule has 1 N–H and O–H groups in total. The van der Waals surface area contributed by atoms with E-state index >= 15 is 0 Å². The third-order valence-corrected chi connectivity index (χ3v) is 0.865. The largest absolute Gasteiger partial charge is 0.424 e. The van der Waals surface area contributed by atoms with Gasteiger partial charge in [-0.25, -0.2) is 0 Å². The maximum atomic E-state index is 9.75. The Bertz CT molecular complexity index is 193. The molecule has 1 rings (SSSR count). The number of hydrogen-bond donors (Lipinski definition) is 1. The van der Waals surface area contributed by atoms with E-state index in [-0.39, 0.29) is 4.64 Å². The van der Waals surface area contributed by atoms with Crippen LogP contribution in [-0.4, -0.2) is 9.94 Å². The molecule has 1 aromatic heterocycles. The van der Waals surface area contributed by atoms with Gasteiger partial charge >= 0.3 is 5.56 Å². The molecule has 0 unspecified atom stereocenters. The molecule has 0 saturated heterocycles. The highest BCUT2D eigenvalue weighted by Gasteiger charge is 2.06. The van der Waals surface area contributed by atoms with Gasteiger partial charge in [-0.2, -0.15) is 0 Å². The molecule has 3 nitrogen and oxygen atoms in total. The van der Waals surface area contributed by atoms with Crippen LogP contribution in [0.1, 0.15) is 0 Å². The van der Waals surface area contributed by atoms with Crippen molar-refractivity contribution < 1.29 is 5.21 Å². The molecule has 0 aliphatic carbocycles. The molecule has 0 aliphatic rings. The maximum absolute atomic E-state index is 9.75. The molecule has 6 heavy (non-hydrogen) atoms. The molecule has 1 aromatic rings. The lowest BCUT2D eigenvalue weighted by Crippen LogP contribution is -1.84. The molecular formula is C2HNO2S. The zero-order valence-electron chi connectivity index (χ0n) is 2.71.